The third kappa shape index (κ3) is 3.68. The Morgan fingerprint density at radius 3 is 3.06 bits per heavy atom. The summed E-state index contributed by atoms with van der Waals surface area (Å²) in [5, 5.41) is 5.32. The van der Waals surface area contributed by atoms with E-state index in [1.165, 1.54) is 18.8 Å². The highest BCUT2D eigenvalue weighted by atomic mass is 16.5. The molecule has 10 heteroatoms. The van der Waals surface area contributed by atoms with Crippen LogP contribution < -0.4 is 5.73 Å². The Bertz CT molecular complexity index is 1430. The highest BCUT2D eigenvalue weighted by molar-refractivity contribution is 5.91. The fraction of sp³-hybridized carbons (Fsp3) is 0.261. The number of fused-ring (bicyclic) bond motifs is 2. The summed E-state index contributed by atoms with van der Waals surface area (Å²) in [6.45, 7) is 4.49. The predicted molar refractivity (Wildman–Crippen MR) is 121 cm³/mol. The van der Waals surface area contributed by atoms with E-state index in [-0.39, 0.29) is 18.0 Å². The van der Waals surface area contributed by atoms with Gasteiger partial charge in [-0.2, -0.15) is 5.10 Å². The normalized spacial score (nSPS) is 17.9. The molecule has 166 valence electrons. The minimum atomic E-state index is -0.145. The molecule has 1 saturated heterocycles. The number of carbonyl (C=O) groups excluding carboxylic acids is 1. The Kier molecular flexibility index (Phi) is 5.24. The molecule has 0 saturated carbocycles. The maximum Gasteiger partial charge on any atom is 0.246 e. The average Bonchev–Trinajstić information content (AvgIpc) is 3.54. The van der Waals surface area contributed by atoms with Crippen LogP contribution in [-0.4, -0.2) is 61.8 Å². The molecular formula is C23H21N7O3. The molecule has 0 aliphatic carbocycles. The van der Waals surface area contributed by atoms with E-state index in [9.17, 15) is 4.79 Å². The molecule has 1 amide bonds. The number of rotatable bonds is 4. The number of nitrogen functional groups attached to an aromatic ring is 1. The van der Waals surface area contributed by atoms with E-state index in [0.717, 1.165) is 11.1 Å². The van der Waals surface area contributed by atoms with Gasteiger partial charge in [0.25, 0.3) is 0 Å². The average molecular weight is 443 g/mol. The first-order chi connectivity index (χ1) is 16.1. The second-order valence-corrected chi connectivity index (χ2v) is 7.73. The van der Waals surface area contributed by atoms with E-state index in [1.807, 2.05) is 18.2 Å². The van der Waals surface area contributed by atoms with Crippen LogP contribution in [0.1, 0.15) is 23.7 Å². The molecule has 1 fully saturated rings. The molecule has 4 aromatic rings. The van der Waals surface area contributed by atoms with Gasteiger partial charge >= 0.3 is 0 Å². The summed E-state index contributed by atoms with van der Waals surface area (Å²) >= 11 is 0. The Morgan fingerprint density at radius 1 is 1.36 bits per heavy atom. The third-order valence-electron chi connectivity index (χ3n) is 5.73. The van der Waals surface area contributed by atoms with Crippen molar-refractivity contribution in [1.82, 2.24) is 29.6 Å². The van der Waals surface area contributed by atoms with E-state index < -0.39 is 0 Å². The quantitative estimate of drug-likeness (QED) is 0.375. The topological polar surface area (TPSA) is 125 Å². The molecule has 1 aliphatic rings. The van der Waals surface area contributed by atoms with Crippen molar-refractivity contribution in [2.24, 2.45) is 0 Å². The number of carbonyl (C=O) groups is 1. The second-order valence-electron chi connectivity index (χ2n) is 7.73. The Labute approximate surface area is 189 Å². The predicted octanol–water partition coefficient (Wildman–Crippen LogP) is 1.92. The van der Waals surface area contributed by atoms with E-state index in [0.29, 0.717) is 47.7 Å². The van der Waals surface area contributed by atoms with Crippen LogP contribution in [0.5, 0.6) is 0 Å². The highest BCUT2D eigenvalue weighted by Gasteiger charge is 2.37. The first-order valence-corrected chi connectivity index (χ1v) is 10.3. The molecule has 1 aromatic carbocycles. The minimum absolute atomic E-state index is 0.0901. The summed E-state index contributed by atoms with van der Waals surface area (Å²) in [4.78, 5) is 26.8. The summed E-state index contributed by atoms with van der Waals surface area (Å²) in [5.74, 6) is 6.37. The number of ether oxygens (including phenoxy) is 1. The fourth-order valence-corrected chi connectivity index (χ4v) is 4.21. The van der Waals surface area contributed by atoms with Crippen LogP contribution in [-0.2, 0) is 9.53 Å². The van der Waals surface area contributed by atoms with E-state index in [2.05, 4.69) is 33.4 Å². The smallest absolute Gasteiger partial charge is 0.246 e. The van der Waals surface area contributed by atoms with Crippen LogP contribution in [0, 0.1) is 11.8 Å². The number of nitrogens with zero attached hydrogens (tertiary/aromatic N) is 6. The second kappa shape index (κ2) is 8.37. The lowest BCUT2D eigenvalue weighted by Crippen LogP contribution is -2.37. The van der Waals surface area contributed by atoms with Gasteiger partial charge in [0.1, 0.15) is 23.4 Å². The lowest BCUT2D eigenvalue weighted by molar-refractivity contribution is -0.127. The first-order valence-electron chi connectivity index (χ1n) is 10.3. The van der Waals surface area contributed by atoms with Crippen LogP contribution >= 0.6 is 0 Å². The van der Waals surface area contributed by atoms with Gasteiger partial charge in [-0.3, -0.25) is 4.79 Å². The number of hydrogen-bond acceptors (Lipinski definition) is 8. The van der Waals surface area contributed by atoms with Crippen molar-refractivity contribution in [3.05, 3.63) is 54.8 Å². The van der Waals surface area contributed by atoms with Gasteiger partial charge in [0.2, 0.25) is 5.91 Å². The SMILES string of the molecule is C=CC(=O)N1C[C@@H](n2nc(C#Cc3ccc4ocnc4c3)c3c(N)ncnc32)C[C@@H]1COC. The van der Waals surface area contributed by atoms with Gasteiger partial charge in [0.05, 0.1) is 24.1 Å². The monoisotopic (exact) mass is 443 g/mol. The zero-order valence-corrected chi connectivity index (χ0v) is 17.9. The van der Waals surface area contributed by atoms with Crippen LogP contribution in [0.4, 0.5) is 5.82 Å². The summed E-state index contributed by atoms with van der Waals surface area (Å²) in [7, 11) is 1.62. The molecular weight excluding hydrogens is 422 g/mol. The molecule has 3 aromatic heterocycles. The summed E-state index contributed by atoms with van der Waals surface area (Å²) in [6.07, 6.45) is 4.77. The van der Waals surface area contributed by atoms with E-state index in [1.54, 1.807) is 16.7 Å². The standard InChI is InChI=1S/C23H21N7O3/c1-3-20(31)29-10-15(9-16(29)11-32-2)30-23-21(22(24)25-12-26-23)17(28-30)6-4-14-5-7-19-18(8-14)27-13-33-19/h3,5,7-8,12-13,15-16H,1,9-11H2,2H3,(H2,24,25,26)/t15-,16+/m0/s1. The van der Waals surface area contributed by atoms with Gasteiger partial charge in [0.15, 0.2) is 17.6 Å². The zero-order chi connectivity index (χ0) is 22.9. The Balaban J connectivity index is 1.55. The number of likely N-dealkylation sites (tertiary alicyclic amines) is 1. The third-order valence-corrected chi connectivity index (χ3v) is 5.73. The van der Waals surface area contributed by atoms with E-state index in [4.69, 9.17) is 20.0 Å². The Hall–Kier alpha value is -4.23. The van der Waals surface area contributed by atoms with Crippen molar-refractivity contribution in [1.29, 1.82) is 0 Å². The molecule has 10 nitrogen and oxygen atoms in total. The van der Waals surface area contributed by atoms with Crippen molar-refractivity contribution in [3.63, 3.8) is 0 Å². The number of aromatic nitrogens is 5. The van der Waals surface area contributed by atoms with Crippen LogP contribution in [0.2, 0.25) is 0 Å². The fourth-order valence-electron chi connectivity index (χ4n) is 4.21. The lowest BCUT2D eigenvalue weighted by Gasteiger charge is -2.22. The van der Waals surface area contributed by atoms with Crippen LogP contribution in [0.25, 0.3) is 22.1 Å². The van der Waals surface area contributed by atoms with Gasteiger partial charge in [-0.25, -0.2) is 19.6 Å². The van der Waals surface area contributed by atoms with Gasteiger partial charge in [-0.15, -0.1) is 0 Å². The zero-order valence-electron chi connectivity index (χ0n) is 17.9. The van der Waals surface area contributed by atoms with Crippen LogP contribution in [0.15, 0.2) is 48.0 Å². The molecule has 5 rings (SSSR count). The molecule has 0 bridgehead atoms. The van der Waals surface area contributed by atoms with E-state index >= 15 is 0 Å². The number of methoxy groups -OCH3 is 1. The molecule has 2 atom stereocenters. The lowest BCUT2D eigenvalue weighted by atomic mass is 10.2. The van der Waals surface area contributed by atoms with Crippen molar-refractivity contribution in [2.75, 3.05) is 26.0 Å². The van der Waals surface area contributed by atoms with Crippen LogP contribution in [0.3, 0.4) is 0 Å². The molecule has 0 radical (unpaired) electrons. The first kappa shape index (κ1) is 20.7. The number of anilines is 1. The molecule has 0 spiro atoms. The number of oxazole rings is 1. The van der Waals surface area contributed by atoms with Gasteiger partial charge in [-0.1, -0.05) is 12.5 Å². The summed E-state index contributed by atoms with van der Waals surface area (Å²) < 4.78 is 12.4. The Morgan fingerprint density at radius 2 is 2.24 bits per heavy atom. The van der Waals surface area contributed by atoms with Crippen molar-refractivity contribution in [2.45, 2.75) is 18.5 Å². The largest absolute Gasteiger partial charge is 0.443 e. The van der Waals surface area contributed by atoms with Gasteiger partial charge in [0, 0.05) is 19.2 Å². The maximum absolute atomic E-state index is 12.4. The van der Waals surface area contributed by atoms with Gasteiger partial charge < -0.3 is 19.8 Å². The van der Waals surface area contributed by atoms with Crippen molar-refractivity contribution in [3.8, 4) is 11.8 Å². The number of amides is 1. The molecule has 0 unspecified atom stereocenters. The van der Waals surface area contributed by atoms with Crippen molar-refractivity contribution < 1.29 is 13.9 Å². The summed E-state index contributed by atoms with van der Waals surface area (Å²) in [6, 6.07) is 5.31. The number of benzene rings is 1. The molecule has 4 heterocycles. The summed E-state index contributed by atoms with van der Waals surface area (Å²) in [5.41, 5.74) is 9.41. The minimum Gasteiger partial charge on any atom is -0.443 e. The van der Waals surface area contributed by atoms with Gasteiger partial charge in [-0.05, 0) is 36.6 Å². The molecule has 33 heavy (non-hydrogen) atoms. The van der Waals surface area contributed by atoms with Crippen molar-refractivity contribution >= 4 is 33.9 Å². The molecule has 1 aliphatic heterocycles. The molecule has 2 N–H and O–H groups in total. The number of hydrogen-bond donors (Lipinski definition) is 1. The maximum atomic E-state index is 12.4. The highest BCUT2D eigenvalue weighted by Crippen LogP contribution is 2.32. The number of nitrogens with two attached hydrogens (primary N) is 1.